The van der Waals surface area contributed by atoms with Crippen LogP contribution in [0.5, 0.6) is 5.75 Å². The van der Waals surface area contributed by atoms with Gasteiger partial charge in [-0.15, -0.1) is 0 Å². The van der Waals surface area contributed by atoms with E-state index in [1.165, 1.54) is 18.1 Å². The van der Waals surface area contributed by atoms with Gasteiger partial charge in [0.1, 0.15) is 5.75 Å². The van der Waals surface area contributed by atoms with Crippen LogP contribution in [-0.2, 0) is 11.2 Å². The van der Waals surface area contributed by atoms with Crippen molar-refractivity contribution >= 4 is 17.5 Å². The lowest BCUT2D eigenvalue weighted by atomic mass is 10.0. The SMILES string of the molecule is COc1cc(C)c(C)cc1CCNC(=O)c1cccc(NC(C)=O)c1. The van der Waals surface area contributed by atoms with Gasteiger partial charge in [-0.05, 0) is 61.2 Å². The van der Waals surface area contributed by atoms with E-state index >= 15 is 0 Å². The highest BCUT2D eigenvalue weighted by Gasteiger charge is 2.09. The predicted molar refractivity (Wildman–Crippen MR) is 99.3 cm³/mol. The molecule has 25 heavy (non-hydrogen) atoms. The van der Waals surface area contributed by atoms with Crippen LogP contribution in [0.2, 0.25) is 0 Å². The fraction of sp³-hybridized carbons (Fsp3) is 0.300. The van der Waals surface area contributed by atoms with Crippen LogP contribution in [-0.4, -0.2) is 25.5 Å². The molecule has 0 fully saturated rings. The molecule has 132 valence electrons. The summed E-state index contributed by atoms with van der Waals surface area (Å²) in [6.07, 6.45) is 0.682. The van der Waals surface area contributed by atoms with Crippen molar-refractivity contribution in [3.63, 3.8) is 0 Å². The van der Waals surface area contributed by atoms with E-state index in [4.69, 9.17) is 4.74 Å². The van der Waals surface area contributed by atoms with Gasteiger partial charge in [-0.1, -0.05) is 12.1 Å². The first kappa shape index (κ1) is 18.5. The first-order chi connectivity index (χ1) is 11.9. The summed E-state index contributed by atoms with van der Waals surface area (Å²) in [5.41, 5.74) is 4.57. The number of rotatable bonds is 6. The highest BCUT2D eigenvalue weighted by atomic mass is 16.5. The van der Waals surface area contributed by atoms with Crippen molar-refractivity contribution in [1.29, 1.82) is 0 Å². The quantitative estimate of drug-likeness (QED) is 0.848. The summed E-state index contributed by atoms with van der Waals surface area (Å²) < 4.78 is 5.42. The Labute approximate surface area is 148 Å². The summed E-state index contributed by atoms with van der Waals surface area (Å²) in [5, 5.41) is 5.58. The van der Waals surface area contributed by atoms with Gasteiger partial charge in [-0.25, -0.2) is 0 Å². The third-order valence-electron chi connectivity index (χ3n) is 4.02. The molecule has 2 rings (SSSR count). The van der Waals surface area contributed by atoms with Crippen molar-refractivity contribution in [1.82, 2.24) is 5.32 Å². The van der Waals surface area contributed by atoms with E-state index in [0.29, 0.717) is 24.2 Å². The molecular formula is C20H24N2O3. The summed E-state index contributed by atoms with van der Waals surface area (Å²) in [4.78, 5) is 23.4. The highest BCUT2D eigenvalue weighted by molar-refractivity contribution is 5.96. The van der Waals surface area contributed by atoms with Gasteiger partial charge in [0, 0.05) is 24.7 Å². The summed E-state index contributed by atoms with van der Waals surface area (Å²) in [5.74, 6) is 0.499. The van der Waals surface area contributed by atoms with E-state index in [0.717, 1.165) is 11.3 Å². The summed E-state index contributed by atoms with van der Waals surface area (Å²) in [6.45, 7) is 6.04. The molecule has 0 bridgehead atoms. The average molecular weight is 340 g/mol. The Morgan fingerprint density at radius 3 is 2.48 bits per heavy atom. The van der Waals surface area contributed by atoms with Gasteiger partial charge in [0.15, 0.2) is 0 Å². The minimum absolute atomic E-state index is 0.167. The van der Waals surface area contributed by atoms with Crippen molar-refractivity contribution in [2.45, 2.75) is 27.2 Å². The Morgan fingerprint density at radius 1 is 1.08 bits per heavy atom. The molecule has 0 saturated heterocycles. The Balaban J connectivity index is 1.99. The number of ether oxygens (including phenoxy) is 1. The number of nitrogens with one attached hydrogen (secondary N) is 2. The number of aryl methyl sites for hydroxylation is 2. The molecule has 0 aliphatic carbocycles. The van der Waals surface area contributed by atoms with Gasteiger partial charge in [0.05, 0.1) is 7.11 Å². The lowest BCUT2D eigenvalue weighted by molar-refractivity contribution is -0.114. The fourth-order valence-corrected chi connectivity index (χ4v) is 2.59. The number of carbonyl (C=O) groups excluding carboxylic acids is 2. The second kappa shape index (κ2) is 8.33. The lowest BCUT2D eigenvalue weighted by Gasteiger charge is -2.12. The maximum absolute atomic E-state index is 12.3. The van der Waals surface area contributed by atoms with Crippen LogP contribution < -0.4 is 15.4 Å². The normalized spacial score (nSPS) is 10.2. The zero-order valence-electron chi connectivity index (χ0n) is 15.1. The topological polar surface area (TPSA) is 67.4 Å². The zero-order chi connectivity index (χ0) is 18.4. The largest absolute Gasteiger partial charge is 0.496 e. The molecule has 0 radical (unpaired) electrons. The third-order valence-corrected chi connectivity index (χ3v) is 4.02. The Morgan fingerprint density at radius 2 is 1.80 bits per heavy atom. The molecule has 0 aromatic heterocycles. The van der Waals surface area contributed by atoms with Crippen LogP contribution >= 0.6 is 0 Å². The molecule has 0 aliphatic rings. The standard InChI is InChI=1S/C20H24N2O3/c1-13-10-16(19(25-4)11-14(13)2)8-9-21-20(24)17-6-5-7-18(12-17)22-15(3)23/h5-7,10-12H,8-9H2,1-4H3,(H,21,24)(H,22,23). The lowest BCUT2D eigenvalue weighted by Crippen LogP contribution is -2.26. The molecule has 0 spiro atoms. The first-order valence-corrected chi connectivity index (χ1v) is 8.20. The number of carbonyl (C=O) groups is 2. The van der Waals surface area contributed by atoms with Crippen molar-refractivity contribution in [2.24, 2.45) is 0 Å². The number of anilines is 1. The summed E-state index contributed by atoms with van der Waals surface area (Å²) in [6, 6.07) is 11.0. The monoisotopic (exact) mass is 340 g/mol. The molecular weight excluding hydrogens is 316 g/mol. The molecule has 0 saturated carbocycles. The van der Waals surface area contributed by atoms with Gasteiger partial charge < -0.3 is 15.4 Å². The minimum Gasteiger partial charge on any atom is -0.496 e. The molecule has 5 nitrogen and oxygen atoms in total. The summed E-state index contributed by atoms with van der Waals surface area (Å²) >= 11 is 0. The van der Waals surface area contributed by atoms with Crippen LogP contribution in [0.1, 0.15) is 34.0 Å². The molecule has 2 N–H and O–H groups in total. The van der Waals surface area contributed by atoms with Crippen molar-refractivity contribution in [3.8, 4) is 5.75 Å². The predicted octanol–water partition coefficient (Wildman–Crippen LogP) is 3.24. The van der Waals surface area contributed by atoms with Gasteiger partial charge in [-0.3, -0.25) is 9.59 Å². The van der Waals surface area contributed by atoms with Crippen LogP contribution in [0.4, 0.5) is 5.69 Å². The maximum Gasteiger partial charge on any atom is 0.251 e. The Bertz CT molecular complexity index is 785. The van der Waals surface area contributed by atoms with Gasteiger partial charge in [0.25, 0.3) is 5.91 Å². The minimum atomic E-state index is -0.171. The number of benzene rings is 2. The van der Waals surface area contributed by atoms with Crippen LogP contribution in [0.25, 0.3) is 0 Å². The van der Waals surface area contributed by atoms with Gasteiger partial charge in [-0.2, -0.15) is 0 Å². The molecule has 0 unspecified atom stereocenters. The first-order valence-electron chi connectivity index (χ1n) is 8.20. The average Bonchev–Trinajstić information content (AvgIpc) is 2.57. The van der Waals surface area contributed by atoms with E-state index in [1.54, 1.807) is 31.4 Å². The highest BCUT2D eigenvalue weighted by Crippen LogP contribution is 2.23. The second-order valence-corrected chi connectivity index (χ2v) is 6.02. The van der Waals surface area contributed by atoms with Crippen molar-refractivity contribution in [3.05, 3.63) is 58.7 Å². The zero-order valence-corrected chi connectivity index (χ0v) is 15.1. The van der Waals surface area contributed by atoms with E-state index in [1.807, 2.05) is 13.0 Å². The fourth-order valence-electron chi connectivity index (χ4n) is 2.59. The molecule has 0 atom stereocenters. The molecule has 5 heteroatoms. The Kier molecular flexibility index (Phi) is 6.17. The number of hydrogen-bond acceptors (Lipinski definition) is 3. The third kappa shape index (κ3) is 5.08. The van der Waals surface area contributed by atoms with E-state index in [9.17, 15) is 9.59 Å². The maximum atomic E-state index is 12.3. The smallest absolute Gasteiger partial charge is 0.251 e. The van der Waals surface area contributed by atoms with E-state index in [2.05, 4.69) is 23.6 Å². The number of hydrogen-bond donors (Lipinski definition) is 2. The van der Waals surface area contributed by atoms with Gasteiger partial charge >= 0.3 is 0 Å². The molecule has 2 aromatic rings. The number of methoxy groups -OCH3 is 1. The molecule has 0 heterocycles. The van der Waals surface area contributed by atoms with Crippen LogP contribution in [0, 0.1) is 13.8 Å². The summed E-state index contributed by atoms with van der Waals surface area (Å²) in [7, 11) is 1.65. The second-order valence-electron chi connectivity index (χ2n) is 6.02. The van der Waals surface area contributed by atoms with Crippen molar-refractivity contribution < 1.29 is 14.3 Å². The van der Waals surface area contributed by atoms with Crippen LogP contribution in [0.3, 0.4) is 0 Å². The van der Waals surface area contributed by atoms with Crippen molar-refractivity contribution in [2.75, 3.05) is 19.0 Å². The number of amides is 2. The van der Waals surface area contributed by atoms with E-state index < -0.39 is 0 Å². The van der Waals surface area contributed by atoms with Gasteiger partial charge in [0.2, 0.25) is 5.91 Å². The van der Waals surface area contributed by atoms with Crippen LogP contribution in [0.15, 0.2) is 36.4 Å². The molecule has 2 amide bonds. The molecule has 2 aromatic carbocycles. The molecule has 0 aliphatic heterocycles. The van der Waals surface area contributed by atoms with E-state index in [-0.39, 0.29) is 11.8 Å². The Hall–Kier alpha value is -2.82.